The Kier molecular flexibility index (Phi) is 3.02. The summed E-state index contributed by atoms with van der Waals surface area (Å²) in [6.45, 7) is 6.21. The molecule has 1 fully saturated rings. The van der Waals surface area contributed by atoms with Crippen LogP contribution in [0.25, 0.3) is 0 Å². The van der Waals surface area contributed by atoms with Crippen LogP contribution in [0.15, 0.2) is 36.9 Å². The van der Waals surface area contributed by atoms with Gasteiger partial charge >= 0.3 is 0 Å². The van der Waals surface area contributed by atoms with Crippen molar-refractivity contribution in [2.24, 2.45) is 0 Å². The highest BCUT2D eigenvalue weighted by Crippen LogP contribution is 2.40. The molecule has 2 atom stereocenters. The number of rotatable bonds is 2. The number of nitrogens with zero attached hydrogens (tertiary/aromatic N) is 1. The maximum Gasteiger partial charge on any atom is 0.0170 e. The van der Waals surface area contributed by atoms with Crippen LogP contribution in [0.4, 0.5) is 0 Å². The van der Waals surface area contributed by atoms with E-state index in [2.05, 4.69) is 41.8 Å². The van der Waals surface area contributed by atoms with Crippen molar-refractivity contribution in [1.82, 2.24) is 4.90 Å². The minimum atomic E-state index is 0.761. The molecule has 17 heavy (non-hydrogen) atoms. The molecule has 0 spiro atoms. The van der Waals surface area contributed by atoms with E-state index < -0.39 is 0 Å². The molecule has 1 nitrogen and oxygen atoms in total. The molecular weight excluding hydrogens is 206 g/mol. The second-order valence-electron chi connectivity index (χ2n) is 5.34. The van der Waals surface area contributed by atoms with Gasteiger partial charge in [-0.05, 0) is 49.3 Å². The summed E-state index contributed by atoms with van der Waals surface area (Å²) in [5.74, 6) is 0.772. The highest BCUT2D eigenvalue weighted by atomic mass is 15.2. The number of likely N-dealkylation sites (tertiary alicyclic amines) is 1. The minimum Gasteiger partial charge on any atom is -0.296 e. The summed E-state index contributed by atoms with van der Waals surface area (Å²) in [6, 6.07) is 9.82. The smallest absolute Gasteiger partial charge is 0.0170 e. The number of fused-ring (bicyclic) bond motifs is 3. The monoisotopic (exact) mass is 227 g/mol. The lowest BCUT2D eigenvalue weighted by atomic mass is 9.74. The summed E-state index contributed by atoms with van der Waals surface area (Å²) in [5.41, 5.74) is 3.21. The van der Waals surface area contributed by atoms with E-state index in [-0.39, 0.29) is 0 Å². The SMILES string of the molecule is C=CCN1CCC[C@H]2c3ccccc3CC[C@@H]21. The average Bonchev–Trinajstić information content (AvgIpc) is 2.39. The van der Waals surface area contributed by atoms with Crippen molar-refractivity contribution in [2.45, 2.75) is 37.6 Å². The lowest BCUT2D eigenvalue weighted by molar-refractivity contribution is 0.126. The van der Waals surface area contributed by atoms with Crippen molar-refractivity contribution in [2.75, 3.05) is 13.1 Å². The summed E-state index contributed by atoms with van der Waals surface area (Å²) in [4.78, 5) is 2.64. The third-order valence-electron chi connectivity index (χ3n) is 4.42. The summed E-state index contributed by atoms with van der Waals surface area (Å²) in [6.07, 6.45) is 7.35. The molecule has 1 aromatic rings. The highest BCUT2D eigenvalue weighted by Gasteiger charge is 2.35. The van der Waals surface area contributed by atoms with E-state index in [9.17, 15) is 0 Å². The standard InChI is InChI=1S/C16H21N/c1-2-11-17-12-5-8-15-14-7-4-3-6-13(14)9-10-16(15)17/h2-4,6-7,15-16H,1,5,8-12H2/t15-,16-/m0/s1. The molecule has 0 amide bonds. The lowest BCUT2D eigenvalue weighted by Crippen LogP contribution is -2.46. The molecule has 1 aliphatic carbocycles. The predicted molar refractivity (Wildman–Crippen MR) is 72.3 cm³/mol. The van der Waals surface area contributed by atoms with E-state index >= 15 is 0 Å². The fraction of sp³-hybridized carbons (Fsp3) is 0.500. The van der Waals surface area contributed by atoms with Gasteiger partial charge in [-0.1, -0.05) is 30.3 Å². The van der Waals surface area contributed by atoms with E-state index in [0.717, 1.165) is 18.5 Å². The molecule has 0 radical (unpaired) electrons. The molecule has 0 N–H and O–H groups in total. The summed E-state index contributed by atoms with van der Waals surface area (Å²) in [7, 11) is 0. The summed E-state index contributed by atoms with van der Waals surface area (Å²) >= 11 is 0. The Bertz CT molecular complexity index is 410. The molecule has 1 heterocycles. The van der Waals surface area contributed by atoms with Crippen molar-refractivity contribution in [3.8, 4) is 0 Å². The minimum absolute atomic E-state index is 0.761. The van der Waals surface area contributed by atoms with E-state index in [1.165, 1.54) is 32.2 Å². The van der Waals surface area contributed by atoms with Crippen molar-refractivity contribution in [3.05, 3.63) is 48.0 Å². The Hall–Kier alpha value is -1.08. The first-order valence-electron chi connectivity index (χ1n) is 6.83. The fourth-order valence-corrected chi connectivity index (χ4v) is 3.69. The number of hydrogen-bond donors (Lipinski definition) is 0. The third-order valence-corrected chi connectivity index (χ3v) is 4.42. The van der Waals surface area contributed by atoms with Crippen LogP contribution in [0, 0.1) is 0 Å². The van der Waals surface area contributed by atoms with Crippen LogP contribution < -0.4 is 0 Å². The van der Waals surface area contributed by atoms with E-state index in [1.807, 2.05) is 0 Å². The fourth-order valence-electron chi connectivity index (χ4n) is 3.69. The normalized spacial score (nSPS) is 28.2. The van der Waals surface area contributed by atoms with Crippen LogP contribution >= 0.6 is 0 Å². The van der Waals surface area contributed by atoms with Gasteiger partial charge in [-0.2, -0.15) is 0 Å². The Morgan fingerprint density at radius 3 is 3.06 bits per heavy atom. The first-order chi connectivity index (χ1) is 8.40. The quantitative estimate of drug-likeness (QED) is 0.700. The zero-order valence-corrected chi connectivity index (χ0v) is 10.4. The Labute approximate surface area is 104 Å². The van der Waals surface area contributed by atoms with Crippen LogP contribution in [-0.4, -0.2) is 24.0 Å². The van der Waals surface area contributed by atoms with Gasteiger partial charge in [-0.15, -0.1) is 6.58 Å². The van der Waals surface area contributed by atoms with Crippen molar-refractivity contribution in [1.29, 1.82) is 0 Å². The Balaban J connectivity index is 1.90. The molecule has 3 rings (SSSR count). The maximum atomic E-state index is 3.90. The maximum absolute atomic E-state index is 3.90. The molecule has 1 heteroatoms. The topological polar surface area (TPSA) is 3.24 Å². The van der Waals surface area contributed by atoms with Gasteiger partial charge in [0, 0.05) is 12.6 Å². The molecule has 1 aromatic carbocycles. The van der Waals surface area contributed by atoms with Gasteiger partial charge in [-0.3, -0.25) is 4.90 Å². The van der Waals surface area contributed by atoms with Gasteiger partial charge in [0.25, 0.3) is 0 Å². The predicted octanol–water partition coefficient (Wildman–Crippen LogP) is 3.37. The van der Waals surface area contributed by atoms with Gasteiger partial charge in [0.05, 0.1) is 0 Å². The van der Waals surface area contributed by atoms with Crippen LogP contribution in [0.5, 0.6) is 0 Å². The number of hydrogen-bond acceptors (Lipinski definition) is 1. The van der Waals surface area contributed by atoms with Gasteiger partial charge in [0.1, 0.15) is 0 Å². The largest absolute Gasteiger partial charge is 0.296 e. The van der Waals surface area contributed by atoms with Crippen LogP contribution in [0.2, 0.25) is 0 Å². The molecule has 0 aromatic heterocycles. The van der Waals surface area contributed by atoms with Crippen molar-refractivity contribution in [3.63, 3.8) is 0 Å². The second-order valence-corrected chi connectivity index (χ2v) is 5.34. The highest BCUT2D eigenvalue weighted by molar-refractivity contribution is 5.34. The number of aryl methyl sites for hydroxylation is 1. The molecular formula is C16H21N. The van der Waals surface area contributed by atoms with Crippen LogP contribution in [0.1, 0.15) is 36.3 Å². The second kappa shape index (κ2) is 4.66. The molecule has 1 aliphatic heterocycles. The van der Waals surface area contributed by atoms with E-state index in [4.69, 9.17) is 0 Å². The molecule has 0 saturated carbocycles. The van der Waals surface area contributed by atoms with Gasteiger partial charge in [0.2, 0.25) is 0 Å². The molecule has 90 valence electrons. The van der Waals surface area contributed by atoms with Gasteiger partial charge < -0.3 is 0 Å². The zero-order chi connectivity index (χ0) is 11.7. The summed E-state index contributed by atoms with van der Waals surface area (Å²) in [5, 5.41) is 0. The molecule has 0 bridgehead atoms. The molecule has 2 aliphatic rings. The van der Waals surface area contributed by atoms with Crippen LogP contribution in [-0.2, 0) is 6.42 Å². The van der Waals surface area contributed by atoms with E-state index in [1.54, 1.807) is 11.1 Å². The molecule has 0 unspecified atom stereocenters. The van der Waals surface area contributed by atoms with Gasteiger partial charge in [-0.25, -0.2) is 0 Å². The Morgan fingerprint density at radius 2 is 2.18 bits per heavy atom. The van der Waals surface area contributed by atoms with Crippen LogP contribution in [0.3, 0.4) is 0 Å². The van der Waals surface area contributed by atoms with Crippen molar-refractivity contribution >= 4 is 0 Å². The Morgan fingerprint density at radius 1 is 1.29 bits per heavy atom. The first kappa shape index (κ1) is 11.0. The number of benzene rings is 1. The average molecular weight is 227 g/mol. The molecule has 1 saturated heterocycles. The zero-order valence-electron chi connectivity index (χ0n) is 10.4. The lowest BCUT2D eigenvalue weighted by Gasteiger charge is -2.44. The van der Waals surface area contributed by atoms with Gasteiger partial charge in [0.15, 0.2) is 0 Å². The summed E-state index contributed by atoms with van der Waals surface area (Å²) < 4.78 is 0. The third kappa shape index (κ3) is 1.93. The van der Waals surface area contributed by atoms with E-state index in [0.29, 0.717) is 0 Å². The van der Waals surface area contributed by atoms with Crippen molar-refractivity contribution < 1.29 is 0 Å². The number of piperidine rings is 1. The first-order valence-corrected chi connectivity index (χ1v) is 6.83.